The van der Waals surface area contributed by atoms with Gasteiger partial charge in [0.1, 0.15) is 6.61 Å². The van der Waals surface area contributed by atoms with Gasteiger partial charge in [-0.25, -0.2) is 0 Å². The van der Waals surface area contributed by atoms with Crippen molar-refractivity contribution in [1.29, 1.82) is 0 Å². The van der Waals surface area contributed by atoms with Gasteiger partial charge in [0.25, 0.3) is 0 Å². The number of hydrogen-bond donors (Lipinski definition) is 0. The van der Waals surface area contributed by atoms with E-state index in [-0.39, 0.29) is 0 Å². The Kier molecular flexibility index (Phi) is 9.66. The zero-order valence-electron chi connectivity index (χ0n) is 8.09. The van der Waals surface area contributed by atoms with Crippen LogP contribution in [0.2, 0.25) is 0 Å². The minimum atomic E-state index is 0.617. The maximum Gasteiger partial charge on any atom is 0.105 e. The highest BCUT2D eigenvalue weighted by Gasteiger charge is 1.83. The Hall–Kier alpha value is -0.720. The first-order chi connectivity index (χ1) is 5.91. The SMILES string of the molecule is C=CCOC=CCCCCCC. The Labute approximate surface area is 76.1 Å². The highest BCUT2D eigenvalue weighted by atomic mass is 16.5. The minimum Gasteiger partial charge on any atom is -0.497 e. The zero-order valence-corrected chi connectivity index (χ0v) is 8.09. The molecular weight excluding hydrogens is 148 g/mol. The monoisotopic (exact) mass is 168 g/mol. The van der Waals surface area contributed by atoms with Crippen LogP contribution in [-0.2, 0) is 4.74 Å². The number of rotatable bonds is 8. The quantitative estimate of drug-likeness (QED) is 0.305. The molecule has 0 unspecified atom stereocenters. The maximum absolute atomic E-state index is 5.09. The van der Waals surface area contributed by atoms with E-state index in [1.165, 1.54) is 25.7 Å². The van der Waals surface area contributed by atoms with Crippen LogP contribution in [0, 0.1) is 0 Å². The van der Waals surface area contributed by atoms with E-state index in [4.69, 9.17) is 4.74 Å². The van der Waals surface area contributed by atoms with Crippen molar-refractivity contribution < 1.29 is 4.74 Å². The molecule has 0 aromatic heterocycles. The lowest BCUT2D eigenvalue weighted by molar-refractivity contribution is 0.288. The first-order valence-corrected chi connectivity index (χ1v) is 4.79. The van der Waals surface area contributed by atoms with Crippen molar-refractivity contribution in [2.75, 3.05) is 6.61 Å². The second-order valence-electron chi connectivity index (χ2n) is 2.84. The summed E-state index contributed by atoms with van der Waals surface area (Å²) in [6.45, 7) is 6.40. The van der Waals surface area contributed by atoms with Crippen molar-refractivity contribution in [1.82, 2.24) is 0 Å². The van der Waals surface area contributed by atoms with Crippen LogP contribution in [0.1, 0.15) is 39.0 Å². The summed E-state index contributed by atoms with van der Waals surface area (Å²) in [5.41, 5.74) is 0. The Bertz CT molecular complexity index is 116. The summed E-state index contributed by atoms with van der Waals surface area (Å²) in [6.07, 6.45) is 12.0. The molecule has 0 aliphatic carbocycles. The van der Waals surface area contributed by atoms with Crippen LogP contribution in [0.5, 0.6) is 0 Å². The predicted octanol–water partition coefficient (Wildman–Crippen LogP) is 3.67. The highest BCUT2D eigenvalue weighted by molar-refractivity contribution is 4.75. The summed E-state index contributed by atoms with van der Waals surface area (Å²) < 4.78 is 5.09. The number of unbranched alkanes of at least 4 members (excludes halogenated alkanes) is 4. The van der Waals surface area contributed by atoms with E-state index < -0.39 is 0 Å². The molecule has 1 nitrogen and oxygen atoms in total. The molecule has 0 bridgehead atoms. The highest BCUT2D eigenvalue weighted by Crippen LogP contribution is 2.02. The van der Waals surface area contributed by atoms with Crippen LogP contribution in [0.4, 0.5) is 0 Å². The molecule has 0 spiro atoms. The van der Waals surface area contributed by atoms with Crippen molar-refractivity contribution in [3.05, 3.63) is 25.0 Å². The van der Waals surface area contributed by atoms with Crippen molar-refractivity contribution in [2.45, 2.75) is 39.0 Å². The molecule has 0 rings (SSSR count). The second-order valence-corrected chi connectivity index (χ2v) is 2.84. The van der Waals surface area contributed by atoms with E-state index >= 15 is 0 Å². The molecule has 0 radical (unpaired) electrons. The third-order valence-electron chi connectivity index (χ3n) is 1.63. The Morgan fingerprint density at radius 1 is 1.25 bits per heavy atom. The fraction of sp³-hybridized carbons (Fsp3) is 0.636. The summed E-state index contributed by atoms with van der Waals surface area (Å²) in [5, 5.41) is 0. The fourth-order valence-corrected chi connectivity index (χ4v) is 0.949. The van der Waals surface area contributed by atoms with Gasteiger partial charge in [-0.1, -0.05) is 38.8 Å². The number of hydrogen-bond acceptors (Lipinski definition) is 1. The largest absolute Gasteiger partial charge is 0.497 e. The van der Waals surface area contributed by atoms with E-state index in [0.29, 0.717) is 6.61 Å². The molecule has 0 heterocycles. The zero-order chi connectivity index (χ0) is 9.07. The van der Waals surface area contributed by atoms with Gasteiger partial charge in [0.05, 0.1) is 6.26 Å². The summed E-state index contributed by atoms with van der Waals surface area (Å²) >= 11 is 0. The van der Waals surface area contributed by atoms with Crippen LogP contribution in [-0.4, -0.2) is 6.61 Å². The summed E-state index contributed by atoms with van der Waals surface area (Å²) in [5.74, 6) is 0. The van der Waals surface area contributed by atoms with Crippen LogP contribution >= 0.6 is 0 Å². The molecule has 0 saturated carbocycles. The second kappa shape index (κ2) is 10.3. The first-order valence-electron chi connectivity index (χ1n) is 4.79. The lowest BCUT2D eigenvalue weighted by Crippen LogP contribution is -1.79. The molecule has 12 heavy (non-hydrogen) atoms. The predicted molar refractivity (Wildman–Crippen MR) is 54.0 cm³/mol. The normalized spacial score (nSPS) is 10.4. The van der Waals surface area contributed by atoms with Crippen molar-refractivity contribution >= 4 is 0 Å². The first kappa shape index (κ1) is 11.3. The molecule has 0 aromatic rings. The summed E-state index contributed by atoms with van der Waals surface area (Å²) in [4.78, 5) is 0. The van der Waals surface area contributed by atoms with Crippen molar-refractivity contribution in [3.63, 3.8) is 0 Å². The minimum absolute atomic E-state index is 0.617. The van der Waals surface area contributed by atoms with Gasteiger partial charge in [-0.3, -0.25) is 0 Å². The molecule has 0 fully saturated rings. The molecule has 0 atom stereocenters. The van der Waals surface area contributed by atoms with Crippen LogP contribution in [0.15, 0.2) is 25.0 Å². The van der Waals surface area contributed by atoms with E-state index in [9.17, 15) is 0 Å². The molecule has 0 aliphatic rings. The van der Waals surface area contributed by atoms with Crippen LogP contribution < -0.4 is 0 Å². The van der Waals surface area contributed by atoms with Gasteiger partial charge in [0, 0.05) is 0 Å². The van der Waals surface area contributed by atoms with Crippen molar-refractivity contribution in [2.24, 2.45) is 0 Å². The summed E-state index contributed by atoms with van der Waals surface area (Å²) in [6, 6.07) is 0. The van der Waals surface area contributed by atoms with E-state index in [2.05, 4.69) is 19.6 Å². The topological polar surface area (TPSA) is 9.23 Å². The molecule has 0 N–H and O–H groups in total. The Balaban J connectivity index is 2.97. The van der Waals surface area contributed by atoms with Gasteiger partial charge < -0.3 is 4.74 Å². The molecule has 1 heteroatoms. The number of allylic oxidation sites excluding steroid dienone is 1. The van der Waals surface area contributed by atoms with Crippen molar-refractivity contribution in [3.8, 4) is 0 Å². The standard InChI is InChI=1S/C11H20O/c1-3-5-6-7-8-9-11-12-10-4-2/h4,9,11H,2-3,5-8,10H2,1H3. The van der Waals surface area contributed by atoms with Gasteiger partial charge in [-0.15, -0.1) is 0 Å². The van der Waals surface area contributed by atoms with Gasteiger partial charge in [0.2, 0.25) is 0 Å². The van der Waals surface area contributed by atoms with E-state index in [1.807, 2.05) is 0 Å². The molecule has 0 aromatic carbocycles. The van der Waals surface area contributed by atoms with Gasteiger partial charge in [-0.05, 0) is 18.9 Å². The van der Waals surface area contributed by atoms with Crippen LogP contribution in [0.25, 0.3) is 0 Å². The maximum atomic E-state index is 5.09. The fourth-order valence-electron chi connectivity index (χ4n) is 0.949. The van der Waals surface area contributed by atoms with Gasteiger partial charge >= 0.3 is 0 Å². The smallest absolute Gasteiger partial charge is 0.105 e. The summed E-state index contributed by atoms with van der Waals surface area (Å²) in [7, 11) is 0. The van der Waals surface area contributed by atoms with E-state index in [1.54, 1.807) is 12.3 Å². The average Bonchev–Trinajstić information content (AvgIpc) is 2.10. The molecular formula is C11H20O. The Morgan fingerprint density at radius 3 is 2.75 bits per heavy atom. The van der Waals surface area contributed by atoms with Gasteiger partial charge in [-0.2, -0.15) is 0 Å². The molecule has 0 saturated heterocycles. The molecule has 0 aliphatic heterocycles. The third kappa shape index (κ3) is 9.28. The number of ether oxygens (including phenoxy) is 1. The lowest BCUT2D eigenvalue weighted by atomic mass is 10.1. The van der Waals surface area contributed by atoms with E-state index in [0.717, 1.165) is 6.42 Å². The molecule has 0 amide bonds. The average molecular weight is 168 g/mol. The van der Waals surface area contributed by atoms with Gasteiger partial charge in [0.15, 0.2) is 0 Å². The third-order valence-corrected chi connectivity index (χ3v) is 1.63. The lowest BCUT2D eigenvalue weighted by Gasteiger charge is -1.95. The Morgan fingerprint density at radius 2 is 2.08 bits per heavy atom. The van der Waals surface area contributed by atoms with Crippen LogP contribution in [0.3, 0.4) is 0 Å². The molecule has 70 valence electrons.